The molecule has 1 N–H and O–H groups in total. The molecule has 0 unspecified atom stereocenters. The number of hydrogen-bond donors (Lipinski definition) is 1. The number of thiophene rings is 1. The predicted octanol–water partition coefficient (Wildman–Crippen LogP) is 2.43. The van der Waals surface area contributed by atoms with Crippen molar-refractivity contribution in [3.63, 3.8) is 0 Å². The summed E-state index contributed by atoms with van der Waals surface area (Å²) in [6, 6.07) is 4.12. The standard InChI is InChI=1S/C9H11BrN2OS/c10-8-3-2-7(14-8)6-12-5-1-4-11-9(12)13/h2-3H,1,4-6H2,(H,11,13). The van der Waals surface area contributed by atoms with E-state index in [0.29, 0.717) is 0 Å². The lowest BCUT2D eigenvalue weighted by molar-refractivity contribution is 0.184. The Hall–Kier alpha value is -0.550. The average Bonchev–Trinajstić information content (AvgIpc) is 2.56. The third-order valence-corrected chi connectivity index (χ3v) is 3.75. The molecular formula is C9H11BrN2OS. The molecule has 3 nitrogen and oxygen atoms in total. The summed E-state index contributed by atoms with van der Waals surface area (Å²) in [7, 11) is 0. The highest BCUT2D eigenvalue weighted by atomic mass is 79.9. The Kier molecular flexibility index (Phi) is 3.08. The highest BCUT2D eigenvalue weighted by molar-refractivity contribution is 9.11. The molecule has 0 bridgehead atoms. The number of rotatable bonds is 2. The molecule has 0 saturated carbocycles. The molecular weight excluding hydrogens is 264 g/mol. The van der Waals surface area contributed by atoms with E-state index >= 15 is 0 Å². The fourth-order valence-electron chi connectivity index (χ4n) is 1.45. The Morgan fingerprint density at radius 3 is 3.07 bits per heavy atom. The molecule has 0 aliphatic carbocycles. The van der Waals surface area contributed by atoms with Crippen molar-refractivity contribution in [3.8, 4) is 0 Å². The highest BCUT2D eigenvalue weighted by Gasteiger charge is 2.17. The van der Waals surface area contributed by atoms with E-state index in [0.717, 1.165) is 29.8 Å². The minimum absolute atomic E-state index is 0.0563. The molecule has 2 rings (SSSR count). The lowest BCUT2D eigenvalue weighted by Gasteiger charge is -2.26. The molecule has 5 heteroatoms. The second-order valence-electron chi connectivity index (χ2n) is 3.21. The van der Waals surface area contributed by atoms with Crippen molar-refractivity contribution in [1.29, 1.82) is 0 Å². The van der Waals surface area contributed by atoms with Gasteiger partial charge in [0.1, 0.15) is 0 Å². The molecule has 1 saturated heterocycles. The molecule has 0 radical (unpaired) electrons. The molecule has 1 aromatic heterocycles. The normalized spacial score (nSPS) is 16.9. The number of halogens is 1. The molecule has 2 amide bonds. The molecule has 1 aliphatic heterocycles. The summed E-state index contributed by atoms with van der Waals surface area (Å²) in [5.41, 5.74) is 0. The largest absolute Gasteiger partial charge is 0.338 e. The van der Waals surface area contributed by atoms with Crippen molar-refractivity contribution in [2.24, 2.45) is 0 Å². The first kappa shape index (κ1) is 9.98. The van der Waals surface area contributed by atoms with Crippen LogP contribution in [0.3, 0.4) is 0 Å². The SMILES string of the molecule is O=C1NCCCN1Cc1ccc(Br)s1. The Labute approximate surface area is 95.2 Å². The zero-order chi connectivity index (χ0) is 9.97. The summed E-state index contributed by atoms with van der Waals surface area (Å²) in [5.74, 6) is 0. The van der Waals surface area contributed by atoms with Crippen molar-refractivity contribution >= 4 is 33.3 Å². The fraction of sp³-hybridized carbons (Fsp3) is 0.444. The molecule has 1 aliphatic rings. The molecule has 1 aromatic rings. The van der Waals surface area contributed by atoms with E-state index < -0.39 is 0 Å². The van der Waals surface area contributed by atoms with Gasteiger partial charge < -0.3 is 10.2 Å². The third-order valence-electron chi connectivity index (χ3n) is 2.14. The number of nitrogens with one attached hydrogen (secondary N) is 1. The molecule has 1 fully saturated rings. The van der Waals surface area contributed by atoms with Crippen LogP contribution in [0.15, 0.2) is 15.9 Å². The summed E-state index contributed by atoms with van der Waals surface area (Å²) >= 11 is 5.09. The second kappa shape index (κ2) is 4.31. The molecule has 0 atom stereocenters. The van der Waals surface area contributed by atoms with Gasteiger partial charge in [-0.15, -0.1) is 11.3 Å². The summed E-state index contributed by atoms with van der Waals surface area (Å²) in [4.78, 5) is 14.5. The summed E-state index contributed by atoms with van der Waals surface area (Å²) in [6.45, 7) is 2.40. The highest BCUT2D eigenvalue weighted by Crippen LogP contribution is 2.23. The Balaban J connectivity index is 1.99. The molecule has 0 aromatic carbocycles. The summed E-state index contributed by atoms with van der Waals surface area (Å²) in [5, 5.41) is 2.84. The van der Waals surface area contributed by atoms with E-state index in [1.165, 1.54) is 4.88 Å². The van der Waals surface area contributed by atoms with Crippen LogP contribution in [0.4, 0.5) is 4.79 Å². The van der Waals surface area contributed by atoms with Crippen molar-refractivity contribution in [2.45, 2.75) is 13.0 Å². The zero-order valence-electron chi connectivity index (χ0n) is 7.62. The van der Waals surface area contributed by atoms with Crippen LogP contribution in [0.2, 0.25) is 0 Å². The van der Waals surface area contributed by atoms with Gasteiger partial charge in [0.2, 0.25) is 0 Å². The number of carbonyl (C=O) groups excluding carboxylic acids is 1. The molecule has 76 valence electrons. The fourth-order valence-corrected chi connectivity index (χ4v) is 2.95. The minimum atomic E-state index is 0.0563. The van der Waals surface area contributed by atoms with Gasteiger partial charge in [0.05, 0.1) is 10.3 Å². The number of amides is 2. The molecule has 14 heavy (non-hydrogen) atoms. The van der Waals surface area contributed by atoms with E-state index in [-0.39, 0.29) is 6.03 Å². The Morgan fingerprint density at radius 2 is 2.43 bits per heavy atom. The van der Waals surface area contributed by atoms with Crippen LogP contribution in [0.1, 0.15) is 11.3 Å². The first-order chi connectivity index (χ1) is 6.75. The molecule has 2 heterocycles. The van der Waals surface area contributed by atoms with Gasteiger partial charge in [0.15, 0.2) is 0 Å². The third kappa shape index (κ3) is 2.27. The zero-order valence-corrected chi connectivity index (χ0v) is 10.0. The first-order valence-electron chi connectivity index (χ1n) is 4.53. The second-order valence-corrected chi connectivity index (χ2v) is 5.76. The van der Waals surface area contributed by atoms with E-state index in [9.17, 15) is 4.79 Å². The lowest BCUT2D eigenvalue weighted by Crippen LogP contribution is -2.45. The van der Waals surface area contributed by atoms with Crippen molar-refractivity contribution in [2.75, 3.05) is 13.1 Å². The van der Waals surface area contributed by atoms with Gasteiger partial charge in [0, 0.05) is 18.0 Å². The number of hydrogen-bond acceptors (Lipinski definition) is 2. The Morgan fingerprint density at radius 1 is 1.57 bits per heavy atom. The smallest absolute Gasteiger partial charge is 0.317 e. The first-order valence-corrected chi connectivity index (χ1v) is 6.13. The summed E-state index contributed by atoms with van der Waals surface area (Å²) < 4.78 is 1.12. The van der Waals surface area contributed by atoms with Crippen LogP contribution in [-0.4, -0.2) is 24.0 Å². The molecule has 0 spiro atoms. The van der Waals surface area contributed by atoms with E-state index in [1.54, 1.807) is 11.3 Å². The van der Waals surface area contributed by atoms with Gasteiger partial charge >= 0.3 is 6.03 Å². The van der Waals surface area contributed by atoms with Crippen LogP contribution >= 0.6 is 27.3 Å². The van der Waals surface area contributed by atoms with Gasteiger partial charge in [-0.1, -0.05) is 0 Å². The number of carbonyl (C=O) groups is 1. The van der Waals surface area contributed by atoms with Gasteiger partial charge in [0.25, 0.3) is 0 Å². The van der Waals surface area contributed by atoms with Crippen LogP contribution < -0.4 is 5.32 Å². The van der Waals surface area contributed by atoms with E-state index in [1.807, 2.05) is 11.0 Å². The maximum absolute atomic E-state index is 11.4. The van der Waals surface area contributed by atoms with Gasteiger partial charge in [-0.3, -0.25) is 0 Å². The van der Waals surface area contributed by atoms with Gasteiger partial charge in [-0.05, 0) is 34.5 Å². The predicted molar refractivity (Wildman–Crippen MR) is 60.4 cm³/mol. The van der Waals surface area contributed by atoms with Gasteiger partial charge in [-0.2, -0.15) is 0 Å². The quantitative estimate of drug-likeness (QED) is 0.883. The lowest BCUT2D eigenvalue weighted by atomic mass is 10.3. The van der Waals surface area contributed by atoms with E-state index in [4.69, 9.17) is 0 Å². The monoisotopic (exact) mass is 274 g/mol. The summed E-state index contributed by atoms with van der Waals surface area (Å²) in [6.07, 6.45) is 1.04. The minimum Gasteiger partial charge on any atom is -0.338 e. The van der Waals surface area contributed by atoms with Gasteiger partial charge in [-0.25, -0.2) is 4.79 Å². The number of nitrogens with zero attached hydrogens (tertiary/aromatic N) is 1. The average molecular weight is 275 g/mol. The number of urea groups is 1. The maximum atomic E-state index is 11.4. The van der Waals surface area contributed by atoms with Crippen molar-refractivity contribution in [3.05, 3.63) is 20.8 Å². The Bertz CT molecular complexity index is 339. The van der Waals surface area contributed by atoms with Crippen LogP contribution in [-0.2, 0) is 6.54 Å². The maximum Gasteiger partial charge on any atom is 0.317 e. The van der Waals surface area contributed by atoms with Crippen LogP contribution in [0.5, 0.6) is 0 Å². The van der Waals surface area contributed by atoms with Crippen LogP contribution in [0, 0.1) is 0 Å². The van der Waals surface area contributed by atoms with Crippen molar-refractivity contribution < 1.29 is 4.79 Å². The van der Waals surface area contributed by atoms with Crippen molar-refractivity contribution in [1.82, 2.24) is 10.2 Å². The van der Waals surface area contributed by atoms with Crippen LogP contribution in [0.25, 0.3) is 0 Å². The van der Waals surface area contributed by atoms with E-state index in [2.05, 4.69) is 27.3 Å². The topological polar surface area (TPSA) is 32.3 Å².